The van der Waals surface area contributed by atoms with Crippen molar-refractivity contribution in [3.8, 4) is 5.75 Å². The van der Waals surface area contributed by atoms with Crippen LogP contribution in [0.1, 0.15) is 25.8 Å². The van der Waals surface area contributed by atoms with Crippen LogP contribution < -0.4 is 10.5 Å². The molecule has 0 saturated carbocycles. The van der Waals surface area contributed by atoms with Gasteiger partial charge in [0, 0.05) is 36.3 Å². The van der Waals surface area contributed by atoms with Crippen molar-refractivity contribution in [3.63, 3.8) is 0 Å². The lowest BCUT2D eigenvalue weighted by molar-refractivity contribution is 0.0892. The van der Waals surface area contributed by atoms with Crippen LogP contribution in [0.3, 0.4) is 0 Å². The van der Waals surface area contributed by atoms with Crippen molar-refractivity contribution in [3.05, 3.63) is 27.7 Å². The predicted molar refractivity (Wildman–Crippen MR) is 91.9 cm³/mol. The molecule has 2 rings (SSSR count). The van der Waals surface area contributed by atoms with Crippen LogP contribution in [0.2, 0.25) is 10.0 Å². The van der Waals surface area contributed by atoms with Crippen LogP contribution in [0, 0.1) is 5.41 Å². The Morgan fingerprint density at radius 1 is 1.38 bits per heavy atom. The Bertz CT molecular complexity index is 494. The van der Waals surface area contributed by atoms with Gasteiger partial charge in [0.05, 0.1) is 12.1 Å². The van der Waals surface area contributed by atoms with Gasteiger partial charge < -0.3 is 10.5 Å². The monoisotopic (exact) mass is 352 g/mol. The first kappa shape index (κ1) is 18.9. The standard InChI is InChI=1S/C15H22Cl2N2O.ClH/c1-15(2)9-19(5-4-13(15)18)8-10-6-11(16)7-12(17)14(10)20-3;/h6-7,13H,4-5,8-9,18H2,1-3H3;1H. The van der Waals surface area contributed by atoms with E-state index in [-0.39, 0.29) is 23.9 Å². The third-order valence-corrected chi connectivity index (χ3v) is 4.57. The molecular formula is C15H23Cl3N2O. The van der Waals surface area contributed by atoms with E-state index in [2.05, 4.69) is 18.7 Å². The van der Waals surface area contributed by atoms with Gasteiger partial charge in [0.25, 0.3) is 0 Å². The van der Waals surface area contributed by atoms with E-state index in [1.54, 1.807) is 13.2 Å². The van der Waals surface area contributed by atoms with Gasteiger partial charge in [-0.1, -0.05) is 37.0 Å². The Hall–Kier alpha value is -0.190. The van der Waals surface area contributed by atoms with Crippen molar-refractivity contribution in [1.82, 2.24) is 4.90 Å². The zero-order valence-electron chi connectivity index (χ0n) is 12.7. The van der Waals surface area contributed by atoms with Crippen molar-refractivity contribution in [2.45, 2.75) is 32.9 Å². The molecule has 1 atom stereocenters. The number of rotatable bonds is 3. The first-order valence-corrected chi connectivity index (χ1v) is 7.59. The SMILES string of the molecule is COc1c(Cl)cc(Cl)cc1CN1CCC(N)C(C)(C)C1.Cl. The van der Waals surface area contributed by atoms with Gasteiger partial charge in [-0.3, -0.25) is 4.90 Å². The highest BCUT2D eigenvalue weighted by Gasteiger charge is 2.33. The summed E-state index contributed by atoms with van der Waals surface area (Å²) in [6.45, 7) is 7.15. The van der Waals surface area contributed by atoms with Gasteiger partial charge in [0.2, 0.25) is 0 Å². The smallest absolute Gasteiger partial charge is 0.142 e. The fourth-order valence-corrected chi connectivity index (χ4v) is 3.43. The average molecular weight is 354 g/mol. The number of piperidine rings is 1. The van der Waals surface area contributed by atoms with Crippen LogP contribution in [0.25, 0.3) is 0 Å². The Kier molecular flexibility index (Phi) is 6.63. The Labute approximate surface area is 143 Å². The number of methoxy groups -OCH3 is 1. The zero-order valence-corrected chi connectivity index (χ0v) is 15.0. The van der Waals surface area contributed by atoms with Gasteiger partial charge in [-0.15, -0.1) is 12.4 Å². The molecule has 1 aliphatic rings. The summed E-state index contributed by atoms with van der Waals surface area (Å²) >= 11 is 12.3. The summed E-state index contributed by atoms with van der Waals surface area (Å²) in [4.78, 5) is 2.38. The molecule has 0 aliphatic carbocycles. The molecule has 21 heavy (non-hydrogen) atoms. The normalized spacial score (nSPS) is 21.7. The molecule has 0 bridgehead atoms. The lowest BCUT2D eigenvalue weighted by Gasteiger charge is -2.42. The molecule has 0 amide bonds. The molecule has 1 saturated heterocycles. The summed E-state index contributed by atoms with van der Waals surface area (Å²) in [6, 6.07) is 3.89. The number of nitrogens with two attached hydrogens (primary N) is 1. The van der Waals surface area contributed by atoms with Crippen LogP contribution >= 0.6 is 35.6 Å². The zero-order chi connectivity index (χ0) is 14.9. The van der Waals surface area contributed by atoms with E-state index in [1.165, 1.54) is 0 Å². The molecule has 1 unspecified atom stereocenters. The molecule has 1 aromatic carbocycles. The van der Waals surface area contributed by atoms with E-state index >= 15 is 0 Å². The van der Waals surface area contributed by atoms with E-state index < -0.39 is 0 Å². The first-order valence-electron chi connectivity index (χ1n) is 6.83. The number of benzene rings is 1. The van der Waals surface area contributed by atoms with Crippen molar-refractivity contribution in [1.29, 1.82) is 0 Å². The van der Waals surface area contributed by atoms with Crippen LogP contribution in [-0.4, -0.2) is 31.1 Å². The van der Waals surface area contributed by atoms with E-state index in [1.807, 2.05) is 6.07 Å². The summed E-state index contributed by atoms with van der Waals surface area (Å²) in [6.07, 6.45) is 1.00. The predicted octanol–water partition coefficient (Wildman–Crippen LogP) is 3.98. The molecule has 1 aliphatic heterocycles. The summed E-state index contributed by atoms with van der Waals surface area (Å²) in [5.41, 5.74) is 7.32. The largest absolute Gasteiger partial charge is 0.495 e. The van der Waals surface area contributed by atoms with Crippen LogP contribution in [0.5, 0.6) is 5.75 Å². The van der Waals surface area contributed by atoms with Gasteiger partial charge in [-0.05, 0) is 24.0 Å². The molecule has 0 aromatic heterocycles. The first-order chi connectivity index (χ1) is 9.33. The van der Waals surface area contributed by atoms with Gasteiger partial charge in [-0.2, -0.15) is 0 Å². The third kappa shape index (κ3) is 4.40. The van der Waals surface area contributed by atoms with Crippen molar-refractivity contribution >= 4 is 35.6 Å². The van der Waals surface area contributed by atoms with Crippen molar-refractivity contribution < 1.29 is 4.74 Å². The minimum Gasteiger partial charge on any atom is -0.495 e. The van der Waals surface area contributed by atoms with E-state index in [9.17, 15) is 0 Å². The molecule has 6 heteroatoms. The highest BCUT2D eigenvalue weighted by molar-refractivity contribution is 6.35. The summed E-state index contributed by atoms with van der Waals surface area (Å²) in [5.74, 6) is 0.712. The van der Waals surface area contributed by atoms with Gasteiger partial charge in [-0.25, -0.2) is 0 Å². The maximum Gasteiger partial charge on any atom is 0.142 e. The third-order valence-electron chi connectivity index (χ3n) is 4.07. The quantitative estimate of drug-likeness (QED) is 0.893. The lowest BCUT2D eigenvalue weighted by Crippen LogP contribution is -2.52. The van der Waals surface area contributed by atoms with Crippen LogP contribution in [0.15, 0.2) is 12.1 Å². The van der Waals surface area contributed by atoms with Crippen molar-refractivity contribution in [2.75, 3.05) is 20.2 Å². The highest BCUT2D eigenvalue weighted by Crippen LogP contribution is 2.35. The number of nitrogens with zero attached hydrogens (tertiary/aromatic N) is 1. The summed E-state index contributed by atoms with van der Waals surface area (Å²) in [5, 5.41) is 1.20. The van der Waals surface area contributed by atoms with Crippen LogP contribution in [-0.2, 0) is 6.54 Å². The second kappa shape index (κ2) is 7.38. The topological polar surface area (TPSA) is 38.5 Å². The van der Waals surface area contributed by atoms with E-state index in [4.69, 9.17) is 33.7 Å². The summed E-state index contributed by atoms with van der Waals surface area (Å²) in [7, 11) is 1.63. The number of ether oxygens (including phenoxy) is 1. The lowest BCUT2D eigenvalue weighted by atomic mass is 9.79. The Morgan fingerprint density at radius 2 is 2.05 bits per heavy atom. The molecular weight excluding hydrogens is 331 g/mol. The second-order valence-corrected chi connectivity index (χ2v) is 7.02. The molecule has 2 N–H and O–H groups in total. The molecule has 1 fully saturated rings. The number of halogens is 3. The molecule has 3 nitrogen and oxygen atoms in total. The molecule has 0 radical (unpaired) electrons. The fraction of sp³-hybridized carbons (Fsp3) is 0.600. The van der Waals surface area contributed by atoms with Gasteiger partial charge in [0.15, 0.2) is 0 Å². The van der Waals surface area contributed by atoms with Crippen LogP contribution in [0.4, 0.5) is 0 Å². The maximum atomic E-state index is 6.18. The Morgan fingerprint density at radius 3 is 2.62 bits per heavy atom. The summed E-state index contributed by atoms with van der Waals surface area (Å²) < 4.78 is 5.40. The number of hydrogen-bond donors (Lipinski definition) is 1. The Balaban J connectivity index is 0.00000220. The molecule has 1 aromatic rings. The van der Waals surface area contributed by atoms with E-state index in [0.717, 1.165) is 31.6 Å². The number of hydrogen-bond acceptors (Lipinski definition) is 3. The molecule has 120 valence electrons. The molecule has 0 spiro atoms. The maximum absolute atomic E-state index is 6.18. The average Bonchev–Trinajstić information content (AvgIpc) is 2.33. The second-order valence-electron chi connectivity index (χ2n) is 6.17. The van der Waals surface area contributed by atoms with Crippen molar-refractivity contribution in [2.24, 2.45) is 11.1 Å². The van der Waals surface area contributed by atoms with Gasteiger partial charge in [0.1, 0.15) is 5.75 Å². The minimum absolute atomic E-state index is 0. The molecule has 1 heterocycles. The van der Waals surface area contributed by atoms with E-state index in [0.29, 0.717) is 15.8 Å². The fourth-order valence-electron chi connectivity index (χ4n) is 2.82. The number of likely N-dealkylation sites (tertiary alicyclic amines) is 1. The minimum atomic E-state index is 0. The van der Waals surface area contributed by atoms with Gasteiger partial charge >= 0.3 is 0 Å². The highest BCUT2D eigenvalue weighted by atomic mass is 35.5.